The predicted molar refractivity (Wildman–Crippen MR) is 145 cm³/mol. The molecule has 1 heterocycles. The molecule has 35 heavy (non-hydrogen) atoms. The molecule has 1 aromatic rings. The lowest BCUT2D eigenvalue weighted by Gasteiger charge is -2.51. The van der Waals surface area contributed by atoms with E-state index in [0.717, 1.165) is 6.29 Å². The summed E-state index contributed by atoms with van der Waals surface area (Å²) in [4.78, 5) is 11.9. The van der Waals surface area contributed by atoms with Crippen LogP contribution in [-0.4, -0.2) is 45.3 Å². The monoisotopic (exact) mass is 506 g/mol. The molecule has 7 atom stereocenters. The Kier molecular flexibility index (Phi) is 10.3. The molecule has 0 aromatic heterocycles. The minimum Gasteiger partial charge on any atom is -0.413 e. The first-order valence-electron chi connectivity index (χ1n) is 13.2. The van der Waals surface area contributed by atoms with Crippen LogP contribution in [0.5, 0.6) is 0 Å². The summed E-state index contributed by atoms with van der Waals surface area (Å²) in [5, 5.41) is 0.0577. The molecule has 200 valence electrons. The standard InChI is InChI=1S/C29H50O5Si/c1-20(17-30)26(34-35(10,11)28(5,6)7)23(4)27-22(3)25(32-29(8,9)33-27)21(2)18-31-19-24-15-13-12-14-16-24/h12-17,20-23,25-27H,18-19H2,1-11H3/t20-,21+,22-,23+,25+,26-,27-/m1/s1. The van der Waals surface area contributed by atoms with E-state index >= 15 is 0 Å². The van der Waals surface area contributed by atoms with Gasteiger partial charge >= 0.3 is 0 Å². The van der Waals surface area contributed by atoms with Gasteiger partial charge in [0.15, 0.2) is 14.1 Å². The molecule has 0 radical (unpaired) electrons. The number of rotatable bonds is 11. The minimum atomic E-state index is -2.09. The van der Waals surface area contributed by atoms with E-state index in [-0.39, 0.29) is 47.0 Å². The molecule has 0 saturated carbocycles. The third-order valence-electron chi connectivity index (χ3n) is 7.94. The fourth-order valence-electron chi connectivity index (χ4n) is 4.81. The Morgan fingerprint density at radius 1 is 1.06 bits per heavy atom. The van der Waals surface area contributed by atoms with Crippen molar-refractivity contribution in [1.29, 1.82) is 0 Å². The number of carbonyl (C=O) groups excluding carboxylic acids is 1. The first-order valence-corrected chi connectivity index (χ1v) is 16.1. The van der Waals surface area contributed by atoms with Crippen molar-refractivity contribution in [1.82, 2.24) is 0 Å². The molecule has 0 unspecified atom stereocenters. The van der Waals surface area contributed by atoms with Gasteiger partial charge in [-0.3, -0.25) is 0 Å². The van der Waals surface area contributed by atoms with Gasteiger partial charge in [0, 0.05) is 23.7 Å². The molecule has 1 aliphatic rings. The molecule has 1 fully saturated rings. The van der Waals surface area contributed by atoms with Crippen molar-refractivity contribution in [2.45, 2.75) is 111 Å². The molecule has 0 spiro atoms. The lowest BCUT2D eigenvalue weighted by Crippen LogP contribution is -2.58. The number of carbonyl (C=O) groups is 1. The second-order valence-electron chi connectivity index (χ2n) is 12.6. The number of aldehydes is 1. The molecule has 0 N–H and O–H groups in total. The van der Waals surface area contributed by atoms with Gasteiger partial charge in [-0.15, -0.1) is 0 Å². The molecule has 0 bridgehead atoms. The van der Waals surface area contributed by atoms with E-state index in [2.05, 4.69) is 66.8 Å². The molecule has 0 amide bonds. The third-order valence-corrected chi connectivity index (χ3v) is 12.4. The van der Waals surface area contributed by atoms with Gasteiger partial charge in [0.1, 0.15) is 6.29 Å². The molecular formula is C29H50O5Si. The Morgan fingerprint density at radius 2 is 1.63 bits per heavy atom. The Hall–Kier alpha value is -1.05. The van der Waals surface area contributed by atoms with E-state index in [1.54, 1.807) is 0 Å². The van der Waals surface area contributed by atoms with Crippen LogP contribution in [0.3, 0.4) is 0 Å². The summed E-state index contributed by atoms with van der Waals surface area (Å²) in [6.45, 7) is 24.9. The maximum atomic E-state index is 11.9. The Morgan fingerprint density at radius 3 is 2.17 bits per heavy atom. The Balaban J connectivity index is 2.19. The maximum Gasteiger partial charge on any atom is 0.192 e. The van der Waals surface area contributed by atoms with Crippen LogP contribution in [0.25, 0.3) is 0 Å². The van der Waals surface area contributed by atoms with Crippen molar-refractivity contribution in [3.63, 3.8) is 0 Å². The van der Waals surface area contributed by atoms with Crippen LogP contribution in [0.2, 0.25) is 18.1 Å². The molecule has 6 heteroatoms. The molecule has 0 aliphatic carbocycles. The van der Waals surface area contributed by atoms with Crippen molar-refractivity contribution < 1.29 is 23.4 Å². The van der Waals surface area contributed by atoms with Crippen molar-refractivity contribution >= 4 is 14.6 Å². The molecule has 1 saturated heterocycles. The van der Waals surface area contributed by atoms with Crippen LogP contribution in [0, 0.1) is 23.7 Å². The highest BCUT2D eigenvalue weighted by Gasteiger charge is 2.49. The predicted octanol–water partition coefficient (Wildman–Crippen LogP) is 6.86. The van der Waals surface area contributed by atoms with Crippen molar-refractivity contribution in [3.8, 4) is 0 Å². The molecule has 2 rings (SSSR count). The average molecular weight is 507 g/mol. The quantitative estimate of drug-likeness (QED) is 0.242. The van der Waals surface area contributed by atoms with Crippen molar-refractivity contribution in [2.75, 3.05) is 6.61 Å². The van der Waals surface area contributed by atoms with E-state index in [0.29, 0.717) is 13.2 Å². The third kappa shape index (κ3) is 7.96. The van der Waals surface area contributed by atoms with Gasteiger partial charge in [0.25, 0.3) is 0 Å². The maximum absolute atomic E-state index is 11.9. The minimum absolute atomic E-state index is 0.0259. The van der Waals surface area contributed by atoms with Crippen molar-refractivity contribution in [2.24, 2.45) is 23.7 Å². The van der Waals surface area contributed by atoms with E-state index in [9.17, 15) is 4.79 Å². The Labute approximate surface area is 215 Å². The summed E-state index contributed by atoms with van der Waals surface area (Å²) in [7, 11) is -2.09. The van der Waals surface area contributed by atoms with Crippen LogP contribution < -0.4 is 0 Å². The molecule has 5 nitrogen and oxygen atoms in total. The van der Waals surface area contributed by atoms with E-state index in [1.807, 2.05) is 39.0 Å². The lowest BCUT2D eigenvalue weighted by atomic mass is 9.78. The molecular weight excluding hydrogens is 456 g/mol. The van der Waals surface area contributed by atoms with Gasteiger partial charge in [0.2, 0.25) is 0 Å². The summed E-state index contributed by atoms with van der Waals surface area (Å²) in [5.41, 5.74) is 1.17. The number of hydrogen-bond donors (Lipinski definition) is 0. The lowest BCUT2D eigenvalue weighted by molar-refractivity contribution is -0.339. The first kappa shape index (κ1) is 30.2. The number of hydrogen-bond acceptors (Lipinski definition) is 5. The van der Waals surface area contributed by atoms with E-state index in [4.69, 9.17) is 18.6 Å². The summed E-state index contributed by atoms with van der Waals surface area (Å²) in [6.07, 6.45) is 0.695. The number of ether oxygens (including phenoxy) is 3. The zero-order valence-corrected chi connectivity index (χ0v) is 25.0. The second-order valence-corrected chi connectivity index (χ2v) is 17.4. The smallest absolute Gasteiger partial charge is 0.192 e. The fourth-order valence-corrected chi connectivity index (χ4v) is 6.28. The van der Waals surface area contributed by atoms with Gasteiger partial charge < -0.3 is 23.4 Å². The van der Waals surface area contributed by atoms with Crippen LogP contribution >= 0.6 is 0 Å². The van der Waals surface area contributed by atoms with Gasteiger partial charge in [-0.1, -0.05) is 78.8 Å². The van der Waals surface area contributed by atoms with Gasteiger partial charge in [-0.25, -0.2) is 0 Å². The highest BCUT2D eigenvalue weighted by molar-refractivity contribution is 6.74. The summed E-state index contributed by atoms with van der Waals surface area (Å²) < 4.78 is 25.9. The highest BCUT2D eigenvalue weighted by atomic mass is 28.4. The van der Waals surface area contributed by atoms with Gasteiger partial charge in [-0.2, -0.15) is 0 Å². The van der Waals surface area contributed by atoms with E-state index < -0.39 is 14.1 Å². The van der Waals surface area contributed by atoms with Crippen LogP contribution in [0.1, 0.15) is 67.9 Å². The normalized spacial score (nSPS) is 26.5. The zero-order chi connectivity index (χ0) is 26.6. The summed E-state index contributed by atoms with van der Waals surface area (Å²) in [5.74, 6) is -0.601. The topological polar surface area (TPSA) is 54.0 Å². The Bertz CT molecular complexity index is 788. The van der Waals surface area contributed by atoms with Crippen LogP contribution in [0.15, 0.2) is 30.3 Å². The zero-order valence-electron chi connectivity index (χ0n) is 24.0. The first-order chi connectivity index (χ1) is 16.1. The number of benzene rings is 1. The highest BCUT2D eigenvalue weighted by Crippen LogP contribution is 2.43. The summed E-state index contributed by atoms with van der Waals surface area (Å²) >= 11 is 0. The van der Waals surface area contributed by atoms with Crippen LogP contribution in [0.4, 0.5) is 0 Å². The van der Waals surface area contributed by atoms with Gasteiger partial charge in [-0.05, 0) is 37.5 Å². The largest absolute Gasteiger partial charge is 0.413 e. The van der Waals surface area contributed by atoms with Gasteiger partial charge in [0.05, 0.1) is 31.5 Å². The van der Waals surface area contributed by atoms with Crippen LogP contribution in [-0.2, 0) is 30.0 Å². The summed E-state index contributed by atoms with van der Waals surface area (Å²) in [6, 6.07) is 10.2. The average Bonchev–Trinajstić information content (AvgIpc) is 2.77. The van der Waals surface area contributed by atoms with Crippen molar-refractivity contribution in [3.05, 3.63) is 35.9 Å². The van der Waals surface area contributed by atoms with E-state index in [1.165, 1.54) is 5.56 Å². The SMILES string of the molecule is C[C@H]([C@@H]1OC(C)(C)O[C@@H]([C@@H](C)COCc2ccccc2)[C@H]1C)[C@H](O[Si](C)(C)C(C)(C)C)[C@H](C)C=O. The molecule has 1 aromatic carbocycles. The fraction of sp³-hybridized carbons (Fsp3) is 0.759. The molecule has 1 aliphatic heterocycles. The second kappa shape index (κ2) is 12.0.